The third kappa shape index (κ3) is 3.17. The second-order valence-corrected chi connectivity index (χ2v) is 4.05. The third-order valence-corrected chi connectivity index (χ3v) is 2.57. The van der Waals surface area contributed by atoms with Gasteiger partial charge in [-0.3, -0.25) is 4.79 Å². The lowest BCUT2D eigenvalue weighted by Gasteiger charge is -2.25. The number of amides is 1. The van der Waals surface area contributed by atoms with Gasteiger partial charge in [-0.2, -0.15) is 22.0 Å². The van der Waals surface area contributed by atoms with Gasteiger partial charge in [-0.15, -0.1) is 0 Å². The molecule has 0 unspecified atom stereocenters. The van der Waals surface area contributed by atoms with E-state index in [4.69, 9.17) is 4.74 Å². The number of rotatable bonds is 4. The Balaban J connectivity index is 2.91. The van der Waals surface area contributed by atoms with E-state index in [9.17, 15) is 26.7 Å². The number of benzene rings is 1. The van der Waals surface area contributed by atoms with Crippen LogP contribution in [0.2, 0.25) is 0 Å². The molecule has 1 aromatic carbocycles. The molecule has 0 N–H and O–H groups in total. The highest BCUT2D eigenvalue weighted by molar-refractivity contribution is 5.84. The third-order valence-electron chi connectivity index (χ3n) is 2.57. The number of carbonyl (C=O) groups is 1. The minimum Gasteiger partial charge on any atom is -0.496 e. The van der Waals surface area contributed by atoms with Crippen molar-refractivity contribution >= 4 is 5.91 Å². The maximum atomic E-state index is 12.9. The van der Waals surface area contributed by atoms with E-state index in [1.165, 1.54) is 19.2 Å². The number of hydrogen-bond acceptors (Lipinski definition) is 2. The first kappa shape index (κ1) is 16.2. The molecule has 0 atom stereocenters. The molecule has 3 nitrogen and oxygen atoms in total. The summed E-state index contributed by atoms with van der Waals surface area (Å²) >= 11 is 0. The fourth-order valence-electron chi connectivity index (χ4n) is 1.52. The largest absolute Gasteiger partial charge is 0.496 e. The van der Waals surface area contributed by atoms with E-state index in [1.54, 1.807) is 12.1 Å². The molecule has 0 saturated heterocycles. The Morgan fingerprint density at radius 1 is 1.20 bits per heavy atom. The first-order chi connectivity index (χ1) is 9.11. The number of alkyl halides is 5. The van der Waals surface area contributed by atoms with Gasteiger partial charge >= 0.3 is 18.0 Å². The van der Waals surface area contributed by atoms with Crippen LogP contribution in [0.15, 0.2) is 24.3 Å². The molecule has 8 heteroatoms. The summed E-state index contributed by atoms with van der Waals surface area (Å²) in [6.07, 6.45) is -5.92. The molecule has 0 saturated carbocycles. The molecule has 0 spiro atoms. The number of methoxy groups -OCH3 is 1. The summed E-state index contributed by atoms with van der Waals surface area (Å²) < 4.78 is 67.1. The summed E-state index contributed by atoms with van der Waals surface area (Å²) in [5, 5.41) is 0. The highest BCUT2D eigenvalue weighted by Crippen LogP contribution is 2.37. The Kier molecular flexibility index (Phi) is 4.57. The molecule has 1 amide bonds. The average molecular weight is 297 g/mol. The van der Waals surface area contributed by atoms with Crippen LogP contribution in [0.3, 0.4) is 0 Å². The van der Waals surface area contributed by atoms with Crippen molar-refractivity contribution in [3.8, 4) is 5.75 Å². The number of hydrogen-bond donors (Lipinski definition) is 0. The summed E-state index contributed by atoms with van der Waals surface area (Å²) in [5.41, 5.74) is 0.323. The van der Waals surface area contributed by atoms with Crippen molar-refractivity contribution < 1.29 is 31.5 Å². The quantitative estimate of drug-likeness (QED) is 0.800. The Morgan fingerprint density at radius 2 is 1.75 bits per heavy atom. The Labute approximate surface area is 111 Å². The van der Waals surface area contributed by atoms with Crippen LogP contribution in [-0.4, -0.2) is 37.1 Å². The summed E-state index contributed by atoms with van der Waals surface area (Å²) in [4.78, 5) is 11.5. The van der Waals surface area contributed by atoms with Crippen LogP contribution in [0.1, 0.15) is 5.56 Å². The first-order valence-corrected chi connectivity index (χ1v) is 5.43. The van der Waals surface area contributed by atoms with E-state index >= 15 is 0 Å². The molecule has 1 rings (SSSR count). The Bertz CT molecular complexity index is 487. The van der Waals surface area contributed by atoms with Crippen molar-refractivity contribution in [2.75, 3.05) is 14.2 Å². The van der Waals surface area contributed by atoms with Crippen molar-refractivity contribution in [2.24, 2.45) is 0 Å². The normalized spacial score (nSPS) is 12.2. The lowest BCUT2D eigenvalue weighted by molar-refractivity contribution is -0.274. The minimum atomic E-state index is -5.92. The van der Waals surface area contributed by atoms with Gasteiger partial charge in [0, 0.05) is 19.2 Å². The fourth-order valence-corrected chi connectivity index (χ4v) is 1.52. The zero-order chi connectivity index (χ0) is 15.6. The van der Waals surface area contributed by atoms with Gasteiger partial charge in [0.05, 0.1) is 7.11 Å². The maximum Gasteiger partial charge on any atom is 0.463 e. The van der Waals surface area contributed by atoms with Gasteiger partial charge in [0.2, 0.25) is 0 Å². The van der Waals surface area contributed by atoms with Crippen LogP contribution >= 0.6 is 0 Å². The molecule has 0 aliphatic carbocycles. The molecular weight excluding hydrogens is 285 g/mol. The molecule has 0 bridgehead atoms. The van der Waals surface area contributed by atoms with Crippen molar-refractivity contribution in [3.05, 3.63) is 29.8 Å². The minimum absolute atomic E-state index is 0.294. The van der Waals surface area contributed by atoms with Gasteiger partial charge in [0.15, 0.2) is 0 Å². The Hall–Kier alpha value is -1.86. The average Bonchev–Trinajstić information content (AvgIpc) is 2.37. The fraction of sp³-hybridized carbons (Fsp3) is 0.417. The van der Waals surface area contributed by atoms with E-state index in [0.717, 1.165) is 7.05 Å². The van der Waals surface area contributed by atoms with E-state index in [0.29, 0.717) is 16.2 Å². The molecule has 20 heavy (non-hydrogen) atoms. The van der Waals surface area contributed by atoms with E-state index < -0.39 is 24.6 Å². The molecule has 0 radical (unpaired) electrons. The SMILES string of the molecule is COc1ccccc1CN(C)C(=O)C(F)(F)C(F)(F)F. The predicted octanol–water partition coefficient (Wildman–Crippen LogP) is 2.85. The molecule has 0 heterocycles. The number of carbonyl (C=O) groups excluding carboxylic acids is 1. The van der Waals surface area contributed by atoms with Gasteiger partial charge < -0.3 is 9.64 Å². The van der Waals surface area contributed by atoms with Gasteiger partial charge in [-0.25, -0.2) is 0 Å². The second-order valence-electron chi connectivity index (χ2n) is 4.05. The van der Waals surface area contributed by atoms with Gasteiger partial charge in [0.25, 0.3) is 0 Å². The van der Waals surface area contributed by atoms with Gasteiger partial charge in [-0.1, -0.05) is 18.2 Å². The van der Waals surface area contributed by atoms with Crippen LogP contribution in [0, 0.1) is 0 Å². The van der Waals surface area contributed by atoms with E-state index in [-0.39, 0.29) is 0 Å². The summed E-state index contributed by atoms with van der Waals surface area (Å²) in [6, 6.07) is 6.14. The highest BCUT2D eigenvalue weighted by atomic mass is 19.4. The maximum absolute atomic E-state index is 12.9. The summed E-state index contributed by atoms with van der Waals surface area (Å²) in [6.45, 7) is -0.422. The predicted molar refractivity (Wildman–Crippen MR) is 60.5 cm³/mol. The zero-order valence-corrected chi connectivity index (χ0v) is 10.7. The summed E-state index contributed by atoms with van der Waals surface area (Å²) in [7, 11) is 2.19. The molecule has 0 aliphatic rings. The molecule has 0 aromatic heterocycles. The molecule has 0 aliphatic heterocycles. The molecule has 112 valence electrons. The van der Waals surface area contributed by atoms with Crippen LogP contribution < -0.4 is 4.74 Å². The monoisotopic (exact) mass is 297 g/mol. The highest BCUT2D eigenvalue weighted by Gasteiger charge is 2.64. The van der Waals surface area contributed by atoms with Crippen molar-refractivity contribution in [2.45, 2.75) is 18.6 Å². The number of halogens is 5. The number of ether oxygens (including phenoxy) is 1. The van der Waals surface area contributed by atoms with Gasteiger partial charge in [-0.05, 0) is 6.07 Å². The van der Waals surface area contributed by atoms with Crippen molar-refractivity contribution in [1.82, 2.24) is 4.90 Å². The molecule has 1 aromatic rings. The van der Waals surface area contributed by atoms with Crippen LogP contribution in [-0.2, 0) is 11.3 Å². The number of nitrogens with zero attached hydrogens (tertiary/aromatic N) is 1. The lowest BCUT2D eigenvalue weighted by Crippen LogP contribution is -2.50. The zero-order valence-electron chi connectivity index (χ0n) is 10.7. The Morgan fingerprint density at radius 3 is 2.25 bits per heavy atom. The van der Waals surface area contributed by atoms with Crippen molar-refractivity contribution in [3.63, 3.8) is 0 Å². The van der Waals surface area contributed by atoms with Crippen LogP contribution in [0.5, 0.6) is 5.75 Å². The molecule has 0 fully saturated rings. The number of para-hydroxylation sites is 1. The topological polar surface area (TPSA) is 29.5 Å². The smallest absolute Gasteiger partial charge is 0.463 e. The first-order valence-electron chi connectivity index (χ1n) is 5.43. The van der Waals surface area contributed by atoms with Gasteiger partial charge in [0.1, 0.15) is 5.75 Å². The second kappa shape index (κ2) is 5.64. The van der Waals surface area contributed by atoms with E-state index in [1.807, 2.05) is 0 Å². The standard InChI is InChI=1S/C12H12F5NO2/c1-18(10(19)11(13,14)12(15,16)17)7-8-5-3-4-6-9(8)20-2/h3-6H,7H2,1-2H3. The van der Waals surface area contributed by atoms with Crippen molar-refractivity contribution in [1.29, 1.82) is 0 Å². The van der Waals surface area contributed by atoms with Crippen LogP contribution in [0.4, 0.5) is 22.0 Å². The molecular formula is C12H12F5NO2. The van der Waals surface area contributed by atoms with E-state index in [2.05, 4.69) is 0 Å². The lowest BCUT2D eigenvalue weighted by atomic mass is 10.1. The van der Waals surface area contributed by atoms with Crippen LogP contribution in [0.25, 0.3) is 0 Å². The summed E-state index contributed by atoms with van der Waals surface area (Å²) in [5.74, 6) is -7.43.